The number of methoxy groups -OCH3 is 1. The normalized spacial score (nSPS) is 11.6. The van der Waals surface area contributed by atoms with Crippen LogP contribution in [0.4, 0.5) is 11.6 Å². The van der Waals surface area contributed by atoms with E-state index in [1.165, 1.54) is 6.92 Å². The number of benzene rings is 1. The van der Waals surface area contributed by atoms with Gasteiger partial charge >= 0.3 is 5.97 Å². The zero-order valence-electron chi connectivity index (χ0n) is 13.0. The summed E-state index contributed by atoms with van der Waals surface area (Å²) in [5, 5.41) is 6.19. The van der Waals surface area contributed by atoms with Crippen LogP contribution in [-0.2, 0) is 9.53 Å². The number of carbonyl (C=O) groups is 2. The molecule has 1 aromatic carbocycles. The van der Waals surface area contributed by atoms with Crippen molar-refractivity contribution in [2.45, 2.75) is 20.0 Å². The fourth-order valence-electron chi connectivity index (χ4n) is 1.83. The highest BCUT2D eigenvalue weighted by Crippen LogP contribution is 2.18. The molecule has 0 bridgehead atoms. The number of carbonyl (C=O) groups excluding carboxylic acids is 2. The molecule has 0 spiro atoms. The zero-order valence-corrected chi connectivity index (χ0v) is 13.0. The highest BCUT2D eigenvalue weighted by Gasteiger charge is 2.24. The van der Waals surface area contributed by atoms with Gasteiger partial charge in [-0.3, -0.25) is 4.79 Å². The van der Waals surface area contributed by atoms with Gasteiger partial charge in [-0.1, -0.05) is 5.16 Å². The first-order chi connectivity index (χ1) is 10.9. The van der Waals surface area contributed by atoms with Crippen LogP contribution in [0.5, 0.6) is 5.75 Å². The number of nitrogens with one attached hydrogen (secondary N) is 1. The number of nitrogens with zero attached hydrogens (tertiary/aromatic N) is 1. The van der Waals surface area contributed by atoms with Crippen molar-refractivity contribution in [2.75, 3.05) is 18.2 Å². The van der Waals surface area contributed by atoms with Gasteiger partial charge in [0.1, 0.15) is 11.3 Å². The van der Waals surface area contributed by atoms with Crippen LogP contribution in [0.2, 0.25) is 0 Å². The Morgan fingerprint density at radius 3 is 2.48 bits per heavy atom. The number of anilines is 2. The molecule has 1 amide bonds. The summed E-state index contributed by atoms with van der Waals surface area (Å²) in [6.45, 7) is 3.01. The average Bonchev–Trinajstić information content (AvgIpc) is 2.86. The maximum atomic E-state index is 12.1. The maximum Gasteiger partial charge on any atom is 0.346 e. The molecule has 0 radical (unpaired) electrons. The summed E-state index contributed by atoms with van der Waals surface area (Å²) >= 11 is 0. The quantitative estimate of drug-likeness (QED) is 0.806. The van der Waals surface area contributed by atoms with Crippen LogP contribution in [0.1, 0.15) is 23.0 Å². The Labute approximate surface area is 132 Å². The Hall–Kier alpha value is -3.03. The highest BCUT2D eigenvalue weighted by molar-refractivity contribution is 5.99. The van der Waals surface area contributed by atoms with Crippen LogP contribution in [-0.4, -0.2) is 30.2 Å². The third kappa shape index (κ3) is 3.79. The Bertz CT molecular complexity index is 689. The first kappa shape index (κ1) is 16.3. The van der Waals surface area contributed by atoms with Crippen molar-refractivity contribution in [3.05, 3.63) is 35.5 Å². The predicted molar refractivity (Wildman–Crippen MR) is 82.2 cm³/mol. The number of esters is 1. The number of ether oxygens (including phenoxy) is 2. The van der Waals surface area contributed by atoms with E-state index in [1.54, 1.807) is 38.3 Å². The van der Waals surface area contributed by atoms with Gasteiger partial charge in [0.25, 0.3) is 5.91 Å². The molecule has 23 heavy (non-hydrogen) atoms. The lowest BCUT2D eigenvalue weighted by molar-refractivity contribution is -0.123. The largest absolute Gasteiger partial charge is 0.497 e. The molecule has 2 aromatic rings. The second kappa shape index (κ2) is 6.82. The highest BCUT2D eigenvalue weighted by atomic mass is 16.5. The van der Waals surface area contributed by atoms with E-state index in [1.807, 2.05) is 0 Å². The van der Waals surface area contributed by atoms with E-state index in [9.17, 15) is 9.59 Å². The van der Waals surface area contributed by atoms with Crippen molar-refractivity contribution in [3.8, 4) is 5.75 Å². The smallest absolute Gasteiger partial charge is 0.346 e. The van der Waals surface area contributed by atoms with Gasteiger partial charge in [0.05, 0.1) is 12.8 Å². The summed E-state index contributed by atoms with van der Waals surface area (Å²) in [6, 6.07) is 6.75. The topological polar surface area (TPSA) is 117 Å². The predicted octanol–water partition coefficient (Wildman–Crippen LogP) is 1.76. The maximum absolute atomic E-state index is 12.1. The standard InChI is InChI=1S/C15H17N3O5/c1-8-12(13(16)23-18-8)15(20)22-9(2)14(19)17-10-4-6-11(21-3)7-5-10/h4-7,9H,16H2,1-3H3,(H,17,19)/t9-/m0/s1. The fraction of sp³-hybridized carbons (Fsp3) is 0.267. The van der Waals surface area contributed by atoms with Crippen molar-refractivity contribution in [1.82, 2.24) is 5.16 Å². The Kier molecular flexibility index (Phi) is 4.85. The SMILES string of the molecule is COc1ccc(NC(=O)[C@H](C)OC(=O)c2c(C)noc2N)cc1. The molecule has 0 unspecified atom stereocenters. The van der Waals surface area contributed by atoms with Crippen LogP contribution in [0.25, 0.3) is 0 Å². The molecule has 0 aliphatic heterocycles. The number of nitrogen functional groups attached to an aromatic ring is 1. The van der Waals surface area contributed by atoms with Crippen LogP contribution in [0.3, 0.4) is 0 Å². The molecular weight excluding hydrogens is 302 g/mol. The minimum absolute atomic E-state index is 0.0223. The summed E-state index contributed by atoms with van der Waals surface area (Å²) in [6.07, 6.45) is -1.02. The number of hydrogen-bond donors (Lipinski definition) is 2. The van der Waals surface area contributed by atoms with E-state index in [2.05, 4.69) is 10.5 Å². The van der Waals surface area contributed by atoms with E-state index in [-0.39, 0.29) is 11.4 Å². The first-order valence-electron chi connectivity index (χ1n) is 6.80. The number of rotatable bonds is 5. The van der Waals surface area contributed by atoms with E-state index in [4.69, 9.17) is 19.7 Å². The second-order valence-electron chi connectivity index (χ2n) is 4.77. The molecular formula is C15H17N3O5. The van der Waals surface area contributed by atoms with Gasteiger partial charge in [-0.05, 0) is 38.1 Å². The number of amides is 1. The lowest BCUT2D eigenvalue weighted by Gasteiger charge is -2.13. The minimum Gasteiger partial charge on any atom is -0.497 e. The molecule has 0 fully saturated rings. The molecule has 1 aromatic heterocycles. The van der Waals surface area contributed by atoms with Crippen LogP contribution < -0.4 is 15.8 Å². The van der Waals surface area contributed by atoms with Gasteiger partial charge < -0.3 is 25.0 Å². The van der Waals surface area contributed by atoms with Crippen LogP contribution in [0, 0.1) is 6.92 Å². The Morgan fingerprint density at radius 2 is 1.96 bits per heavy atom. The van der Waals surface area contributed by atoms with Crippen molar-refractivity contribution in [3.63, 3.8) is 0 Å². The summed E-state index contributed by atoms with van der Waals surface area (Å²) in [7, 11) is 1.55. The lowest BCUT2D eigenvalue weighted by Crippen LogP contribution is -2.30. The molecule has 2 rings (SSSR count). The van der Waals surface area contributed by atoms with Crippen molar-refractivity contribution >= 4 is 23.4 Å². The van der Waals surface area contributed by atoms with E-state index >= 15 is 0 Å². The molecule has 1 atom stereocenters. The molecule has 8 nitrogen and oxygen atoms in total. The third-order valence-corrected chi connectivity index (χ3v) is 3.10. The second-order valence-corrected chi connectivity index (χ2v) is 4.77. The third-order valence-electron chi connectivity index (χ3n) is 3.10. The number of hydrogen-bond acceptors (Lipinski definition) is 7. The van der Waals surface area contributed by atoms with E-state index in [0.29, 0.717) is 17.1 Å². The van der Waals surface area contributed by atoms with E-state index in [0.717, 1.165) is 0 Å². The summed E-state index contributed by atoms with van der Waals surface area (Å²) < 4.78 is 14.8. The molecule has 3 N–H and O–H groups in total. The summed E-state index contributed by atoms with van der Waals surface area (Å²) in [5.74, 6) is -0.717. The van der Waals surface area contributed by atoms with Gasteiger partial charge in [-0.15, -0.1) is 0 Å². The molecule has 0 saturated carbocycles. The Morgan fingerprint density at radius 1 is 1.30 bits per heavy atom. The molecule has 1 heterocycles. The summed E-state index contributed by atoms with van der Waals surface area (Å²) in [4.78, 5) is 24.1. The lowest BCUT2D eigenvalue weighted by atomic mass is 10.2. The number of nitrogens with two attached hydrogens (primary N) is 1. The van der Waals surface area contributed by atoms with Crippen molar-refractivity contribution in [2.24, 2.45) is 0 Å². The van der Waals surface area contributed by atoms with Crippen molar-refractivity contribution in [1.29, 1.82) is 0 Å². The molecule has 0 aliphatic rings. The monoisotopic (exact) mass is 319 g/mol. The van der Waals surface area contributed by atoms with Crippen LogP contribution >= 0.6 is 0 Å². The number of aromatic nitrogens is 1. The molecule has 8 heteroatoms. The van der Waals surface area contributed by atoms with Gasteiger partial charge in [0.15, 0.2) is 6.10 Å². The van der Waals surface area contributed by atoms with E-state index < -0.39 is 18.0 Å². The zero-order chi connectivity index (χ0) is 17.0. The molecule has 0 aliphatic carbocycles. The van der Waals surface area contributed by atoms with Gasteiger partial charge in [0.2, 0.25) is 5.88 Å². The first-order valence-corrected chi connectivity index (χ1v) is 6.80. The minimum atomic E-state index is -1.02. The molecule has 0 saturated heterocycles. The van der Waals surface area contributed by atoms with Gasteiger partial charge in [-0.2, -0.15) is 0 Å². The Balaban J connectivity index is 1.98. The molecule has 122 valence electrons. The van der Waals surface area contributed by atoms with Gasteiger partial charge in [-0.25, -0.2) is 4.79 Å². The number of aryl methyl sites for hydroxylation is 1. The van der Waals surface area contributed by atoms with Crippen LogP contribution in [0.15, 0.2) is 28.8 Å². The summed E-state index contributed by atoms with van der Waals surface area (Å²) in [5.41, 5.74) is 6.38. The average molecular weight is 319 g/mol. The fourth-order valence-corrected chi connectivity index (χ4v) is 1.83. The van der Waals surface area contributed by atoms with Crippen molar-refractivity contribution < 1.29 is 23.6 Å². The van der Waals surface area contributed by atoms with Gasteiger partial charge in [0, 0.05) is 5.69 Å².